The summed E-state index contributed by atoms with van der Waals surface area (Å²) < 4.78 is 16.3. The summed E-state index contributed by atoms with van der Waals surface area (Å²) in [6, 6.07) is 4.03. The number of pyridine rings is 1. The van der Waals surface area contributed by atoms with E-state index in [1.807, 2.05) is 37.8 Å². The Bertz CT molecular complexity index is 708. The number of aromatic nitrogens is 1. The molecule has 0 spiro atoms. The van der Waals surface area contributed by atoms with Crippen LogP contribution in [-0.4, -0.2) is 47.9 Å². The van der Waals surface area contributed by atoms with E-state index in [1.165, 1.54) is 5.57 Å². The molecule has 6 heteroatoms. The molecule has 2 atom stereocenters. The number of nitrogens with zero attached hydrogens (tertiary/aromatic N) is 2. The Morgan fingerprint density at radius 1 is 1.19 bits per heavy atom. The van der Waals surface area contributed by atoms with Crippen molar-refractivity contribution < 1.29 is 19.0 Å². The SMILES string of the molecule is COc1ccc(C2=CC3CCCC(C2)N3C(=O)OC(C)(C)C)c(OC)n1. The molecule has 3 rings (SSSR count). The second-order valence-corrected chi connectivity index (χ2v) is 7.85. The normalized spacial score (nSPS) is 22.5. The van der Waals surface area contributed by atoms with Crippen LogP contribution in [0.3, 0.4) is 0 Å². The summed E-state index contributed by atoms with van der Waals surface area (Å²) in [5.41, 5.74) is 1.65. The predicted molar refractivity (Wildman–Crippen MR) is 99.4 cm³/mol. The predicted octanol–water partition coefficient (Wildman–Crippen LogP) is 4.04. The number of carbonyl (C=O) groups is 1. The Kier molecular flexibility index (Phi) is 5.12. The van der Waals surface area contributed by atoms with Gasteiger partial charge in [-0.05, 0) is 58.1 Å². The minimum Gasteiger partial charge on any atom is -0.481 e. The van der Waals surface area contributed by atoms with Crippen LogP contribution in [0.15, 0.2) is 18.2 Å². The van der Waals surface area contributed by atoms with Crippen molar-refractivity contribution in [1.29, 1.82) is 0 Å². The number of amides is 1. The third kappa shape index (κ3) is 3.79. The van der Waals surface area contributed by atoms with Crippen LogP contribution < -0.4 is 9.47 Å². The summed E-state index contributed by atoms with van der Waals surface area (Å²) in [6.07, 6.45) is 5.79. The topological polar surface area (TPSA) is 60.9 Å². The lowest BCUT2D eigenvalue weighted by molar-refractivity contribution is 0.0000812. The Morgan fingerprint density at radius 3 is 2.58 bits per heavy atom. The van der Waals surface area contributed by atoms with Gasteiger partial charge in [-0.2, -0.15) is 4.98 Å². The van der Waals surface area contributed by atoms with E-state index in [4.69, 9.17) is 14.2 Å². The highest BCUT2D eigenvalue weighted by molar-refractivity contribution is 5.76. The number of hydrogen-bond donors (Lipinski definition) is 0. The number of methoxy groups -OCH3 is 2. The van der Waals surface area contributed by atoms with Crippen molar-refractivity contribution in [1.82, 2.24) is 9.88 Å². The van der Waals surface area contributed by atoms with Crippen LogP contribution in [0.2, 0.25) is 0 Å². The molecular formula is C20H28N2O4. The number of fused-ring (bicyclic) bond motifs is 2. The average Bonchev–Trinajstić information content (AvgIpc) is 2.58. The maximum Gasteiger partial charge on any atom is 0.411 e. The molecule has 0 aliphatic carbocycles. The van der Waals surface area contributed by atoms with Crippen LogP contribution in [0, 0.1) is 0 Å². The van der Waals surface area contributed by atoms with Gasteiger partial charge in [-0.3, -0.25) is 4.90 Å². The number of rotatable bonds is 3. The summed E-state index contributed by atoms with van der Waals surface area (Å²) in [5.74, 6) is 1.08. The van der Waals surface area contributed by atoms with Gasteiger partial charge in [-0.1, -0.05) is 6.08 Å². The van der Waals surface area contributed by atoms with Crippen LogP contribution in [0.5, 0.6) is 11.8 Å². The van der Waals surface area contributed by atoms with Gasteiger partial charge in [0, 0.05) is 17.7 Å². The molecule has 2 bridgehead atoms. The summed E-state index contributed by atoms with van der Waals surface area (Å²) >= 11 is 0. The minimum absolute atomic E-state index is 0.0548. The Hall–Kier alpha value is -2.24. The van der Waals surface area contributed by atoms with E-state index in [1.54, 1.807) is 14.2 Å². The van der Waals surface area contributed by atoms with Gasteiger partial charge in [0.05, 0.1) is 20.3 Å². The Morgan fingerprint density at radius 2 is 1.96 bits per heavy atom. The number of hydrogen-bond acceptors (Lipinski definition) is 5. The van der Waals surface area contributed by atoms with E-state index in [0.717, 1.165) is 31.2 Å². The zero-order valence-electron chi connectivity index (χ0n) is 16.2. The van der Waals surface area contributed by atoms with Gasteiger partial charge in [0.15, 0.2) is 0 Å². The monoisotopic (exact) mass is 360 g/mol. The van der Waals surface area contributed by atoms with Crippen LogP contribution >= 0.6 is 0 Å². The second kappa shape index (κ2) is 7.17. The molecule has 0 radical (unpaired) electrons. The first-order valence-corrected chi connectivity index (χ1v) is 9.14. The number of carbonyl (C=O) groups excluding carboxylic acids is 1. The fourth-order valence-electron chi connectivity index (χ4n) is 3.77. The van der Waals surface area contributed by atoms with Crippen molar-refractivity contribution in [3.8, 4) is 11.8 Å². The van der Waals surface area contributed by atoms with Gasteiger partial charge in [-0.25, -0.2) is 4.79 Å². The van der Waals surface area contributed by atoms with Crippen molar-refractivity contribution in [3.05, 3.63) is 23.8 Å². The zero-order valence-corrected chi connectivity index (χ0v) is 16.2. The fraction of sp³-hybridized carbons (Fsp3) is 0.600. The van der Waals surface area contributed by atoms with Crippen molar-refractivity contribution in [2.24, 2.45) is 0 Å². The molecule has 2 unspecified atom stereocenters. The molecule has 3 heterocycles. The summed E-state index contributed by atoms with van der Waals surface area (Å²) in [7, 11) is 3.20. The average molecular weight is 360 g/mol. The zero-order chi connectivity index (χ0) is 18.9. The lowest BCUT2D eigenvalue weighted by atomic mass is 9.83. The molecule has 2 aliphatic rings. The Labute approximate surface area is 155 Å². The first-order chi connectivity index (χ1) is 12.3. The second-order valence-electron chi connectivity index (χ2n) is 7.85. The summed E-state index contributed by atoms with van der Waals surface area (Å²) in [6.45, 7) is 5.71. The van der Waals surface area contributed by atoms with Gasteiger partial charge >= 0.3 is 6.09 Å². The van der Waals surface area contributed by atoms with E-state index in [-0.39, 0.29) is 18.2 Å². The smallest absolute Gasteiger partial charge is 0.411 e. The van der Waals surface area contributed by atoms with Gasteiger partial charge in [0.1, 0.15) is 5.60 Å². The van der Waals surface area contributed by atoms with Crippen LogP contribution in [0.25, 0.3) is 5.57 Å². The van der Waals surface area contributed by atoms with Crippen LogP contribution in [0.1, 0.15) is 52.0 Å². The molecule has 0 saturated carbocycles. The van der Waals surface area contributed by atoms with Crippen LogP contribution in [-0.2, 0) is 4.74 Å². The van der Waals surface area contributed by atoms with Gasteiger partial charge in [0.2, 0.25) is 11.8 Å². The van der Waals surface area contributed by atoms with Crippen molar-refractivity contribution in [2.75, 3.05) is 14.2 Å². The van der Waals surface area contributed by atoms with Crippen LogP contribution in [0.4, 0.5) is 4.79 Å². The maximum absolute atomic E-state index is 12.7. The molecule has 2 aliphatic heterocycles. The molecule has 1 amide bonds. The molecular weight excluding hydrogens is 332 g/mol. The highest BCUT2D eigenvalue weighted by atomic mass is 16.6. The van der Waals surface area contributed by atoms with E-state index >= 15 is 0 Å². The molecule has 6 nitrogen and oxygen atoms in total. The van der Waals surface area contributed by atoms with E-state index < -0.39 is 5.60 Å². The summed E-state index contributed by atoms with van der Waals surface area (Å²) in [5, 5.41) is 0. The van der Waals surface area contributed by atoms with Crippen molar-refractivity contribution in [2.45, 2.75) is 64.1 Å². The molecule has 1 fully saturated rings. The van der Waals surface area contributed by atoms with Gasteiger partial charge < -0.3 is 14.2 Å². The lowest BCUT2D eigenvalue weighted by Gasteiger charge is -2.45. The molecule has 1 aromatic heterocycles. The standard InChI is InChI=1S/C20H28N2O4/c1-20(2,3)26-19(23)22-14-7-6-8-15(22)12-13(11-14)16-9-10-17(24-4)21-18(16)25-5/h9-11,14-15H,6-8,12H2,1-5H3. The largest absolute Gasteiger partial charge is 0.481 e. The first-order valence-electron chi connectivity index (χ1n) is 9.14. The quantitative estimate of drug-likeness (QED) is 0.814. The van der Waals surface area contributed by atoms with E-state index in [2.05, 4.69) is 11.1 Å². The molecule has 1 aromatic rings. The molecule has 0 N–H and O–H groups in total. The Balaban J connectivity index is 1.90. The third-order valence-electron chi connectivity index (χ3n) is 4.82. The van der Waals surface area contributed by atoms with Crippen molar-refractivity contribution in [3.63, 3.8) is 0 Å². The third-order valence-corrected chi connectivity index (χ3v) is 4.82. The summed E-state index contributed by atoms with van der Waals surface area (Å²) in [4.78, 5) is 19.0. The van der Waals surface area contributed by atoms with E-state index in [0.29, 0.717) is 11.8 Å². The molecule has 142 valence electrons. The highest BCUT2D eigenvalue weighted by Crippen LogP contribution is 2.40. The van der Waals surface area contributed by atoms with Gasteiger partial charge in [-0.15, -0.1) is 0 Å². The minimum atomic E-state index is -0.488. The fourth-order valence-corrected chi connectivity index (χ4v) is 3.77. The first kappa shape index (κ1) is 18.5. The van der Waals surface area contributed by atoms with E-state index in [9.17, 15) is 4.79 Å². The molecule has 26 heavy (non-hydrogen) atoms. The number of ether oxygens (including phenoxy) is 3. The highest BCUT2D eigenvalue weighted by Gasteiger charge is 2.39. The van der Waals surface area contributed by atoms with Gasteiger partial charge in [0.25, 0.3) is 0 Å². The molecule has 1 saturated heterocycles. The lowest BCUT2D eigenvalue weighted by Crippen LogP contribution is -2.53. The maximum atomic E-state index is 12.7. The molecule has 0 aromatic carbocycles. The van der Waals surface area contributed by atoms with Crippen molar-refractivity contribution >= 4 is 11.7 Å². The number of piperidine rings is 1.